The first-order valence-electron chi connectivity index (χ1n) is 10.7. The molecule has 29 heavy (non-hydrogen) atoms. The van der Waals surface area contributed by atoms with E-state index in [4.69, 9.17) is 9.47 Å². The van der Waals surface area contributed by atoms with Gasteiger partial charge in [0, 0.05) is 7.11 Å². The Kier molecular flexibility index (Phi) is 13.8. The highest BCUT2D eigenvalue weighted by Gasteiger charge is 2.10. The second-order valence-electron chi connectivity index (χ2n) is 7.47. The van der Waals surface area contributed by atoms with E-state index in [0.29, 0.717) is 19.1 Å². The van der Waals surface area contributed by atoms with Crippen molar-refractivity contribution in [3.05, 3.63) is 84.2 Å². The van der Waals surface area contributed by atoms with E-state index in [0.717, 1.165) is 52.9 Å². The molecule has 2 atom stereocenters. The van der Waals surface area contributed by atoms with Crippen molar-refractivity contribution < 1.29 is 9.47 Å². The fourth-order valence-electron chi connectivity index (χ4n) is 2.48. The number of hydrogen-bond donors (Lipinski definition) is 0. The number of hydrogen-bond acceptors (Lipinski definition) is 2. The van der Waals surface area contributed by atoms with Crippen LogP contribution in [0.1, 0.15) is 53.9 Å². The first-order chi connectivity index (χ1) is 13.7. The molecule has 0 spiro atoms. The maximum atomic E-state index is 5.84. The monoisotopic (exact) mass is 398 g/mol. The summed E-state index contributed by atoms with van der Waals surface area (Å²) in [5.41, 5.74) is 4.89. The van der Waals surface area contributed by atoms with Crippen molar-refractivity contribution in [3.63, 3.8) is 0 Å². The van der Waals surface area contributed by atoms with E-state index >= 15 is 0 Å². The van der Waals surface area contributed by atoms with Crippen LogP contribution in [0.5, 0.6) is 0 Å². The van der Waals surface area contributed by atoms with Gasteiger partial charge in [0.1, 0.15) is 12.4 Å². The molecule has 0 aliphatic rings. The minimum absolute atomic E-state index is 0.287. The van der Waals surface area contributed by atoms with Crippen LogP contribution in [0.15, 0.2) is 84.2 Å². The van der Waals surface area contributed by atoms with Gasteiger partial charge >= 0.3 is 0 Å². The lowest BCUT2D eigenvalue weighted by Crippen LogP contribution is -2.04. The van der Waals surface area contributed by atoms with Gasteiger partial charge < -0.3 is 9.47 Å². The predicted molar refractivity (Wildman–Crippen MR) is 129 cm³/mol. The molecule has 2 unspecified atom stereocenters. The SMILES string of the molecule is C=C(/C=C(/OCCOC)C(=C)CC)C(=C)/C(=C\C(=C)C(C)/C=C\C(C)CC)CC. The Hall–Kier alpha value is -2.06. The molecule has 0 rings (SSSR count). The molecular formula is C27H42O2. The molecule has 0 bridgehead atoms. The number of rotatable bonds is 15. The highest BCUT2D eigenvalue weighted by Crippen LogP contribution is 2.26. The summed E-state index contributed by atoms with van der Waals surface area (Å²) in [5, 5.41) is 0. The zero-order chi connectivity index (χ0) is 22.4. The van der Waals surface area contributed by atoms with Crippen molar-refractivity contribution in [3.8, 4) is 0 Å². The summed E-state index contributed by atoms with van der Waals surface area (Å²) in [6.45, 7) is 28.7. The molecule has 0 radical (unpaired) electrons. The molecule has 0 N–H and O–H groups in total. The zero-order valence-electron chi connectivity index (χ0n) is 19.6. The summed E-state index contributed by atoms with van der Waals surface area (Å²) in [6, 6.07) is 0. The Morgan fingerprint density at radius 3 is 2.07 bits per heavy atom. The van der Waals surface area contributed by atoms with Gasteiger partial charge in [-0.05, 0) is 58.6 Å². The fourth-order valence-corrected chi connectivity index (χ4v) is 2.48. The first-order valence-corrected chi connectivity index (χ1v) is 10.7. The quantitative estimate of drug-likeness (QED) is 0.121. The van der Waals surface area contributed by atoms with E-state index in [1.807, 2.05) is 6.08 Å². The lowest BCUT2D eigenvalue weighted by molar-refractivity contribution is 0.112. The van der Waals surface area contributed by atoms with E-state index in [2.05, 4.69) is 79.2 Å². The summed E-state index contributed by atoms with van der Waals surface area (Å²) in [4.78, 5) is 0. The summed E-state index contributed by atoms with van der Waals surface area (Å²) in [5.74, 6) is 1.62. The van der Waals surface area contributed by atoms with Gasteiger partial charge in [0.15, 0.2) is 0 Å². The van der Waals surface area contributed by atoms with Crippen LogP contribution in [0.4, 0.5) is 0 Å². The van der Waals surface area contributed by atoms with Crippen LogP contribution in [0, 0.1) is 11.8 Å². The lowest BCUT2D eigenvalue weighted by Gasteiger charge is -2.16. The Labute approximate surface area is 180 Å². The molecule has 0 saturated carbocycles. The van der Waals surface area contributed by atoms with E-state index in [9.17, 15) is 0 Å². The summed E-state index contributed by atoms with van der Waals surface area (Å²) in [6.07, 6.45) is 11.4. The van der Waals surface area contributed by atoms with Crippen LogP contribution in [0.2, 0.25) is 0 Å². The average molecular weight is 399 g/mol. The Morgan fingerprint density at radius 1 is 0.897 bits per heavy atom. The standard InChI is InChI=1S/C27H42O2/c1-11-20(4)14-15-22(6)23(7)18-26(13-3)25(9)24(8)19-27(21(5)12-2)29-17-16-28-10/h14-15,18-20,22H,5,7-9,11-13,16-17H2,1-4,6,10H3/b15-14-,26-18-,27-19+. The highest BCUT2D eigenvalue weighted by molar-refractivity contribution is 5.52. The maximum Gasteiger partial charge on any atom is 0.122 e. The van der Waals surface area contributed by atoms with Gasteiger partial charge in [-0.15, -0.1) is 0 Å². The van der Waals surface area contributed by atoms with Gasteiger partial charge in [-0.3, -0.25) is 0 Å². The highest BCUT2D eigenvalue weighted by atomic mass is 16.5. The van der Waals surface area contributed by atoms with Crippen molar-refractivity contribution in [2.24, 2.45) is 11.8 Å². The minimum atomic E-state index is 0.287. The van der Waals surface area contributed by atoms with E-state index in [1.165, 1.54) is 0 Å². The number of allylic oxidation sites excluding steroid dienone is 9. The lowest BCUT2D eigenvalue weighted by atomic mass is 9.92. The summed E-state index contributed by atoms with van der Waals surface area (Å²) in [7, 11) is 1.66. The Balaban J connectivity index is 5.41. The smallest absolute Gasteiger partial charge is 0.122 e. The van der Waals surface area contributed by atoms with Crippen molar-refractivity contribution in [1.29, 1.82) is 0 Å². The van der Waals surface area contributed by atoms with Crippen LogP contribution >= 0.6 is 0 Å². The molecule has 0 saturated heterocycles. The molecule has 0 aromatic rings. The molecule has 0 aromatic heterocycles. The van der Waals surface area contributed by atoms with Crippen LogP contribution in [-0.2, 0) is 9.47 Å². The van der Waals surface area contributed by atoms with Gasteiger partial charge in [-0.25, -0.2) is 0 Å². The molecule has 0 heterocycles. The number of ether oxygens (including phenoxy) is 2. The van der Waals surface area contributed by atoms with E-state index < -0.39 is 0 Å². The third-order valence-electron chi connectivity index (χ3n) is 5.10. The van der Waals surface area contributed by atoms with Crippen LogP contribution < -0.4 is 0 Å². The van der Waals surface area contributed by atoms with Crippen molar-refractivity contribution in [2.45, 2.75) is 53.9 Å². The van der Waals surface area contributed by atoms with Crippen LogP contribution in [0.3, 0.4) is 0 Å². The molecule has 0 fully saturated rings. The molecule has 0 amide bonds. The van der Waals surface area contributed by atoms with Crippen molar-refractivity contribution in [1.82, 2.24) is 0 Å². The summed E-state index contributed by atoms with van der Waals surface area (Å²) >= 11 is 0. The van der Waals surface area contributed by atoms with E-state index in [1.54, 1.807) is 7.11 Å². The average Bonchev–Trinajstić information content (AvgIpc) is 2.73. The first kappa shape index (κ1) is 26.9. The van der Waals surface area contributed by atoms with Gasteiger partial charge in [0.25, 0.3) is 0 Å². The van der Waals surface area contributed by atoms with E-state index in [-0.39, 0.29) is 5.92 Å². The zero-order valence-corrected chi connectivity index (χ0v) is 19.6. The second-order valence-corrected chi connectivity index (χ2v) is 7.47. The minimum Gasteiger partial charge on any atom is -0.491 e. The van der Waals surface area contributed by atoms with Crippen LogP contribution in [-0.4, -0.2) is 20.3 Å². The molecular weight excluding hydrogens is 356 g/mol. The molecule has 0 aliphatic carbocycles. The Morgan fingerprint density at radius 2 is 1.55 bits per heavy atom. The largest absolute Gasteiger partial charge is 0.491 e. The molecule has 2 nitrogen and oxygen atoms in total. The van der Waals surface area contributed by atoms with Gasteiger partial charge in [0.2, 0.25) is 0 Å². The van der Waals surface area contributed by atoms with Crippen molar-refractivity contribution in [2.75, 3.05) is 20.3 Å². The number of methoxy groups -OCH3 is 1. The summed E-state index contributed by atoms with van der Waals surface area (Å²) < 4.78 is 10.9. The predicted octanol–water partition coefficient (Wildman–Crippen LogP) is 7.74. The third kappa shape index (κ3) is 10.3. The van der Waals surface area contributed by atoms with Crippen LogP contribution in [0.25, 0.3) is 0 Å². The molecule has 0 aromatic carbocycles. The maximum absolute atomic E-state index is 5.84. The molecule has 162 valence electrons. The normalized spacial score (nSPS) is 14.6. The van der Waals surface area contributed by atoms with Gasteiger partial charge in [-0.1, -0.05) is 85.6 Å². The Bertz CT molecular complexity index is 658. The topological polar surface area (TPSA) is 18.5 Å². The molecule has 2 heteroatoms. The molecule has 0 aliphatic heterocycles. The third-order valence-corrected chi connectivity index (χ3v) is 5.10. The fraction of sp³-hybridized carbons (Fsp3) is 0.481. The second kappa shape index (κ2) is 14.9. The van der Waals surface area contributed by atoms with Crippen molar-refractivity contribution >= 4 is 0 Å². The van der Waals surface area contributed by atoms with Gasteiger partial charge in [-0.2, -0.15) is 0 Å². The van der Waals surface area contributed by atoms with Gasteiger partial charge in [0.05, 0.1) is 6.61 Å².